The number of pyridine rings is 1. The van der Waals surface area contributed by atoms with Crippen molar-refractivity contribution in [2.75, 3.05) is 19.6 Å². The third-order valence-electron chi connectivity index (χ3n) is 3.52. The second kappa shape index (κ2) is 5.55. The topological polar surface area (TPSA) is 80.1 Å². The third-order valence-corrected chi connectivity index (χ3v) is 5.31. The highest BCUT2D eigenvalue weighted by Gasteiger charge is 2.35. The van der Waals surface area contributed by atoms with Crippen molar-refractivity contribution in [1.29, 1.82) is 0 Å². The van der Waals surface area contributed by atoms with Gasteiger partial charge in [0.05, 0.1) is 12.4 Å². The van der Waals surface area contributed by atoms with E-state index in [9.17, 15) is 8.42 Å². The van der Waals surface area contributed by atoms with Gasteiger partial charge in [0.15, 0.2) is 5.03 Å². The highest BCUT2D eigenvalue weighted by Crippen LogP contribution is 2.27. The molecule has 1 unspecified atom stereocenters. The fourth-order valence-electron chi connectivity index (χ4n) is 2.47. The number of hydrogen-bond donors (Lipinski definition) is 1. The Morgan fingerprint density at radius 2 is 2.29 bits per heavy atom. The van der Waals surface area contributed by atoms with E-state index in [-0.39, 0.29) is 11.1 Å². The standard InChI is InChI=1S/C13H17N5O2S/c1-17-9-13(16-10-17)21(19,20)18-6-5-15-8-12(18)11-3-2-4-14-7-11/h2-4,7,9-10,12,15H,5-6,8H2,1H3. The van der Waals surface area contributed by atoms with Gasteiger partial charge in [-0.2, -0.15) is 4.31 Å². The van der Waals surface area contributed by atoms with Crippen molar-refractivity contribution in [1.82, 2.24) is 24.2 Å². The summed E-state index contributed by atoms with van der Waals surface area (Å²) in [5.41, 5.74) is 0.879. The fraction of sp³-hybridized carbons (Fsp3) is 0.385. The SMILES string of the molecule is Cn1cnc(S(=O)(=O)N2CCNCC2c2cccnc2)c1. The van der Waals surface area contributed by atoms with E-state index in [2.05, 4.69) is 15.3 Å². The first-order valence-corrected chi connectivity index (χ1v) is 8.13. The molecule has 1 N–H and O–H groups in total. The maximum absolute atomic E-state index is 12.8. The molecular formula is C13H17N5O2S. The highest BCUT2D eigenvalue weighted by molar-refractivity contribution is 7.89. The number of aromatic nitrogens is 3. The van der Waals surface area contributed by atoms with Crippen molar-refractivity contribution < 1.29 is 8.42 Å². The van der Waals surface area contributed by atoms with E-state index in [1.165, 1.54) is 16.8 Å². The summed E-state index contributed by atoms with van der Waals surface area (Å²) in [4.78, 5) is 8.07. The minimum Gasteiger partial charge on any atom is -0.339 e. The van der Waals surface area contributed by atoms with E-state index in [4.69, 9.17) is 0 Å². The Labute approximate surface area is 123 Å². The summed E-state index contributed by atoms with van der Waals surface area (Å²) in [6, 6.07) is 3.45. The molecule has 0 radical (unpaired) electrons. The number of nitrogens with zero attached hydrogens (tertiary/aromatic N) is 4. The molecule has 1 atom stereocenters. The molecule has 1 fully saturated rings. The van der Waals surface area contributed by atoms with E-state index in [0.29, 0.717) is 19.6 Å². The predicted octanol–water partition coefficient (Wildman–Crippen LogP) is 0.150. The van der Waals surface area contributed by atoms with Gasteiger partial charge >= 0.3 is 0 Å². The van der Waals surface area contributed by atoms with Crippen LogP contribution in [0.2, 0.25) is 0 Å². The molecule has 0 aromatic carbocycles. The van der Waals surface area contributed by atoms with Crippen LogP contribution < -0.4 is 5.32 Å². The summed E-state index contributed by atoms with van der Waals surface area (Å²) in [5, 5.41) is 3.32. The summed E-state index contributed by atoms with van der Waals surface area (Å²) in [6.45, 7) is 1.61. The van der Waals surface area contributed by atoms with E-state index in [1.54, 1.807) is 24.0 Å². The summed E-state index contributed by atoms with van der Waals surface area (Å²) in [6.07, 6.45) is 6.40. The molecule has 0 amide bonds. The van der Waals surface area contributed by atoms with E-state index in [1.807, 2.05) is 12.1 Å². The molecule has 2 aromatic rings. The molecule has 0 aliphatic carbocycles. The van der Waals surface area contributed by atoms with E-state index >= 15 is 0 Å². The zero-order chi connectivity index (χ0) is 14.9. The van der Waals surface area contributed by atoms with Crippen molar-refractivity contribution in [2.45, 2.75) is 11.1 Å². The van der Waals surface area contributed by atoms with Gasteiger partial charge in [-0.05, 0) is 11.6 Å². The van der Waals surface area contributed by atoms with Crippen LogP contribution in [-0.2, 0) is 17.1 Å². The lowest BCUT2D eigenvalue weighted by Gasteiger charge is -2.34. The number of hydrogen-bond acceptors (Lipinski definition) is 5. The second-order valence-electron chi connectivity index (χ2n) is 5.00. The zero-order valence-electron chi connectivity index (χ0n) is 11.7. The quantitative estimate of drug-likeness (QED) is 0.873. The smallest absolute Gasteiger partial charge is 0.262 e. The lowest BCUT2D eigenvalue weighted by Crippen LogP contribution is -2.48. The number of imidazole rings is 1. The fourth-order valence-corrected chi connectivity index (χ4v) is 4.06. The first-order valence-electron chi connectivity index (χ1n) is 6.69. The molecule has 1 aliphatic rings. The van der Waals surface area contributed by atoms with Crippen molar-refractivity contribution >= 4 is 10.0 Å². The maximum atomic E-state index is 12.8. The van der Waals surface area contributed by atoms with Crippen LogP contribution in [0.1, 0.15) is 11.6 Å². The third kappa shape index (κ3) is 2.69. The Bertz CT molecular complexity index is 713. The van der Waals surface area contributed by atoms with Gasteiger partial charge in [0.25, 0.3) is 10.0 Å². The van der Waals surface area contributed by atoms with Crippen LogP contribution in [0.5, 0.6) is 0 Å². The van der Waals surface area contributed by atoms with Gasteiger partial charge in [-0.25, -0.2) is 13.4 Å². The Hall–Kier alpha value is -1.77. The van der Waals surface area contributed by atoms with Crippen molar-refractivity contribution in [3.8, 4) is 0 Å². The van der Waals surface area contributed by atoms with Gasteiger partial charge in [0.2, 0.25) is 0 Å². The number of aryl methyl sites for hydroxylation is 1. The molecule has 1 aliphatic heterocycles. The summed E-state index contributed by atoms with van der Waals surface area (Å²) in [5.74, 6) is 0. The highest BCUT2D eigenvalue weighted by atomic mass is 32.2. The predicted molar refractivity (Wildman–Crippen MR) is 76.9 cm³/mol. The maximum Gasteiger partial charge on any atom is 0.262 e. The molecule has 8 heteroatoms. The summed E-state index contributed by atoms with van der Waals surface area (Å²) < 4.78 is 28.7. The molecular weight excluding hydrogens is 290 g/mol. The molecule has 3 rings (SSSR count). The molecule has 21 heavy (non-hydrogen) atoms. The molecule has 112 valence electrons. The number of rotatable bonds is 3. The van der Waals surface area contributed by atoms with Gasteiger partial charge in [-0.1, -0.05) is 6.07 Å². The zero-order valence-corrected chi connectivity index (χ0v) is 12.5. The minimum atomic E-state index is -3.60. The van der Waals surface area contributed by atoms with Crippen LogP contribution in [0.4, 0.5) is 0 Å². The second-order valence-corrected chi connectivity index (χ2v) is 6.84. The average molecular weight is 307 g/mol. The van der Waals surface area contributed by atoms with Crippen LogP contribution in [0.25, 0.3) is 0 Å². The van der Waals surface area contributed by atoms with Crippen LogP contribution in [0.3, 0.4) is 0 Å². The Kier molecular flexibility index (Phi) is 3.75. The first kappa shape index (κ1) is 14.2. The van der Waals surface area contributed by atoms with Crippen molar-refractivity contribution in [2.24, 2.45) is 7.05 Å². The van der Waals surface area contributed by atoms with Gasteiger partial charge in [-0.3, -0.25) is 4.98 Å². The largest absolute Gasteiger partial charge is 0.339 e. The Morgan fingerprint density at radius 1 is 1.43 bits per heavy atom. The van der Waals surface area contributed by atoms with Crippen LogP contribution in [-0.4, -0.2) is 46.9 Å². The van der Waals surface area contributed by atoms with Crippen molar-refractivity contribution in [3.63, 3.8) is 0 Å². The van der Waals surface area contributed by atoms with Crippen molar-refractivity contribution in [3.05, 3.63) is 42.6 Å². The van der Waals surface area contributed by atoms with E-state index in [0.717, 1.165) is 5.56 Å². The normalized spacial score (nSPS) is 20.5. The number of piperazine rings is 1. The summed E-state index contributed by atoms with van der Waals surface area (Å²) in [7, 11) is -1.85. The molecule has 1 saturated heterocycles. The monoisotopic (exact) mass is 307 g/mol. The molecule has 0 bridgehead atoms. The lowest BCUT2D eigenvalue weighted by molar-refractivity contribution is 0.270. The summed E-state index contributed by atoms with van der Waals surface area (Å²) >= 11 is 0. The number of nitrogens with one attached hydrogen (secondary N) is 1. The van der Waals surface area contributed by atoms with Gasteiger partial charge < -0.3 is 9.88 Å². The first-order chi connectivity index (χ1) is 10.1. The number of sulfonamides is 1. The van der Waals surface area contributed by atoms with E-state index < -0.39 is 10.0 Å². The van der Waals surface area contributed by atoms with Gasteiger partial charge in [0, 0.05) is 45.3 Å². The van der Waals surface area contributed by atoms with Gasteiger partial charge in [0.1, 0.15) is 0 Å². The van der Waals surface area contributed by atoms with Crippen LogP contribution in [0.15, 0.2) is 42.1 Å². The molecule has 0 spiro atoms. The minimum absolute atomic E-state index is 0.0841. The molecule has 0 saturated carbocycles. The molecule has 3 heterocycles. The van der Waals surface area contributed by atoms with Crippen LogP contribution >= 0.6 is 0 Å². The van der Waals surface area contributed by atoms with Crippen LogP contribution in [0, 0.1) is 0 Å². The molecule has 2 aromatic heterocycles. The Balaban J connectivity index is 1.98. The Morgan fingerprint density at radius 3 is 2.95 bits per heavy atom. The van der Waals surface area contributed by atoms with Gasteiger partial charge in [-0.15, -0.1) is 0 Å². The molecule has 7 nitrogen and oxygen atoms in total. The lowest BCUT2D eigenvalue weighted by atomic mass is 10.1. The average Bonchev–Trinajstić information content (AvgIpc) is 2.95.